The van der Waals surface area contributed by atoms with Crippen molar-refractivity contribution in [1.29, 1.82) is 5.26 Å². The van der Waals surface area contributed by atoms with E-state index in [0.717, 1.165) is 37.3 Å². The SMILES string of the molecule is COC(=O)C1=C(C(=O)OC)N(c2cc(S(=O)(=O)O)ccc2Cl)C(N)=C(C#N)C1c1ccccc1. The van der Waals surface area contributed by atoms with Crippen LogP contribution >= 0.6 is 11.6 Å². The predicted molar refractivity (Wildman–Crippen MR) is 121 cm³/mol. The molecule has 1 heterocycles. The number of anilines is 1. The number of carbonyl (C=O) groups is 2. The summed E-state index contributed by atoms with van der Waals surface area (Å²) < 4.78 is 42.8. The van der Waals surface area contributed by atoms with Crippen LogP contribution in [0.4, 0.5) is 5.69 Å². The Labute approximate surface area is 200 Å². The number of benzene rings is 2. The molecule has 1 unspecified atom stereocenters. The first-order chi connectivity index (χ1) is 16.1. The second-order valence-corrected chi connectivity index (χ2v) is 8.75. The number of hydrogen-bond acceptors (Lipinski definition) is 9. The Hall–Kier alpha value is -3.85. The van der Waals surface area contributed by atoms with Gasteiger partial charge in [0.05, 0.1) is 53.0 Å². The Kier molecular flexibility index (Phi) is 6.97. The Morgan fingerprint density at radius 1 is 1.12 bits per heavy atom. The fourth-order valence-electron chi connectivity index (χ4n) is 3.59. The normalized spacial score (nSPS) is 16.2. The van der Waals surface area contributed by atoms with Crippen LogP contribution in [0, 0.1) is 11.3 Å². The van der Waals surface area contributed by atoms with Gasteiger partial charge in [0.25, 0.3) is 10.1 Å². The van der Waals surface area contributed by atoms with Crippen LogP contribution in [0.25, 0.3) is 0 Å². The van der Waals surface area contributed by atoms with Gasteiger partial charge in [0.15, 0.2) is 0 Å². The van der Waals surface area contributed by atoms with Crippen molar-refractivity contribution < 1.29 is 32.0 Å². The van der Waals surface area contributed by atoms with Gasteiger partial charge in [0, 0.05) is 0 Å². The molecule has 0 bridgehead atoms. The zero-order valence-corrected chi connectivity index (χ0v) is 19.4. The van der Waals surface area contributed by atoms with Crippen molar-refractivity contribution in [2.45, 2.75) is 10.8 Å². The molecule has 3 rings (SSSR count). The average Bonchev–Trinajstić information content (AvgIpc) is 2.82. The van der Waals surface area contributed by atoms with E-state index in [-0.39, 0.29) is 27.7 Å². The van der Waals surface area contributed by atoms with Gasteiger partial charge in [-0.1, -0.05) is 41.9 Å². The third-order valence-electron chi connectivity index (χ3n) is 5.07. The number of nitriles is 1. The number of methoxy groups -OCH3 is 2. The zero-order valence-electron chi connectivity index (χ0n) is 17.9. The second-order valence-electron chi connectivity index (χ2n) is 6.92. The minimum absolute atomic E-state index is 0.101. The molecule has 176 valence electrons. The highest BCUT2D eigenvalue weighted by atomic mass is 35.5. The molecule has 0 radical (unpaired) electrons. The molecular weight excluding hydrogens is 486 g/mol. The van der Waals surface area contributed by atoms with Crippen LogP contribution < -0.4 is 10.6 Å². The quantitative estimate of drug-likeness (QED) is 0.458. The summed E-state index contributed by atoms with van der Waals surface area (Å²) in [6.07, 6.45) is 0. The van der Waals surface area contributed by atoms with E-state index >= 15 is 0 Å². The van der Waals surface area contributed by atoms with Gasteiger partial charge in [-0.3, -0.25) is 9.45 Å². The maximum atomic E-state index is 13.0. The van der Waals surface area contributed by atoms with E-state index in [1.807, 2.05) is 6.07 Å². The third-order valence-corrected chi connectivity index (χ3v) is 6.24. The van der Waals surface area contributed by atoms with E-state index in [2.05, 4.69) is 0 Å². The van der Waals surface area contributed by atoms with Gasteiger partial charge in [-0.15, -0.1) is 0 Å². The van der Waals surface area contributed by atoms with Crippen LogP contribution in [0.3, 0.4) is 0 Å². The predicted octanol–water partition coefficient (Wildman–Crippen LogP) is 2.48. The molecule has 0 amide bonds. The fraction of sp³-hybridized carbons (Fsp3) is 0.136. The van der Waals surface area contributed by atoms with Crippen LogP contribution in [0.15, 0.2) is 76.1 Å². The van der Waals surface area contributed by atoms with Gasteiger partial charge in [0.1, 0.15) is 11.5 Å². The Bertz CT molecular complexity index is 1380. The standard InChI is InChI=1S/C22H18ClN3O7S/c1-32-21(27)18-17(12-6-4-3-5-7-12)14(11-24)20(25)26(19(18)22(28)33-2)16-10-13(34(29,30)31)8-9-15(16)23/h3-10,17H,25H2,1-2H3,(H,29,30,31). The van der Waals surface area contributed by atoms with Gasteiger partial charge in [-0.2, -0.15) is 13.7 Å². The lowest BCUT2D eigenvalue weighted by Crippen LogP contribution is -2.41. The lowest BCUT2D eigenvalue weighted by Gasteiger charge is -2.36. The van der Waals surface area contributed by atoms with Crippen molar-refractivity contribution in [1.82, 2.24) is 0 Å². The summed E-state index contributed by atoms with van der Waals surface area (Å²) in [4.78, 5) is 26.3. The number of rotatable bonds is 5. The molecule has 1 atom stereocenters. The second kappa shape index (κ2) is 9.56. The van der Waals surface area contributed by atoms with E-state index < -0.39 is 38.6 Å². The Morgan fingerprint density at radius 3 is 2.26 bits per heavy atom. The molecule has 34 heavy (non-hydrogen) atoms. The van der Waals surface area contributed by atoms with Gasteiger partial charge >= 0.3 is 11.9 Å². The fourth-order valence-corrected chi connectivity index (χ4v) is 4.29. The van der Waals surface area contributed by atoms with Crippen LogP contribution in [0.2, 0.25) is 5.02 Å². The number of halogens is 1. The van der Waals surface area contributed by atoms with Crippen molar-refractivity contribution in [2.75, 3.05) is 19.1 Å². The number of hydrogen-bond donors (Lipinski definition) is 2. The van der Waals surface area contributed by atoms with E-state index in [1.54, 1.807) is 30.3 Å². The molecule has 0 saturated heterocycles. The molecule has 0 spiro atoms. The van der Waals surface area contributed by atoms with Gasteiger partial charge in [-0.25, -0.2) is 9.59 Å². The third kappa shape index (κ3) is 4.34. The lowest BCUT2D eigenvalue weighted by atomic mass is 9.81. The number of carbonyl (C=O) groups excluding carboxylic acids is 2. The highest BCUT2D eigenvalue weighted by Crippen LogP contribution is 2.45. The highest BCUT2D eigenvalue weighted by Gasteiger charge is 2.43. The first-order valence-electron chi connectivity index (χ1n) is 9.49. The topological polar surface area (TPSA) is 160 Å². The molecule has 12 heteroatoms. The molecule has 1 aliphatic heterocycles. The number of ether oxygens (including phenoxy) is 2. The molecule has 0 fully saturated rings. The Balaban J connectivity index is 2.48. The van der Waals surface area contributed by atoms with E-state index in [4.69, 9.17) is 26.8 Å². The minimum Gasteiger partial charge on any atom is -0.466 e. The van der Waals surface area contributed by atoms with E-state index in [0.29, 0.717) is 5.56 Å². The average molecular weight is 504 g/mol. The monoisotopic (exact) mass is 503 g/mol. The largest absolute Gasteiger partial charge is 0.466 e. The van der Waals surface area contributed by atoms with Crippen LogP contribution in [0.1, 0.15) is 11.5 Å². The maximum Gasteiger partial charge on any atom is 0.355 e. The summed E-state index contributed by atoms with van der Waals surface area (Å²) in [7, 11) is -2.52. The molecule has 2 aromatic rings. The maximum absolute atomic E-state index is 13.0. The van der Waals surface area contributed by atoms with Gasteiger partial charge in [0.2, 0.25) is 0 Å². The molecule has 0 aliphatic carbocycles. The molecule has 1 aliphatic rings. The van der Waals surface area contributed by atoms with E-state index in [9.17, 15) is 27.8 Å². The van der Waals surface area contributed by atoms with Crippen molar-refractivity contribution in [3.63, 3.8) is 0 Å². The first-order valence-corrected chi connectivity index (χ1v) is 11.3. The van der Waals surface area contributed by atoms with Gasteiger partial charge in [-0.05, 0) is 23.8 Å². The summed E-state index contributed by atoms with van der Waals surface area (Å²) in [5, 5.41) is 9.89. The molecule has 10 nitrogen and oxygen atoms in total. The number of nitrogens with two attached hydrogens (primary N) is 1. The van der Waals surface area contributed by atoms with Crippen molar-refractivity contribution in [3.8, 4) is 6.07 Å². The summed E-state index contributed by atoms with van der Waals surface area (Å²) in [6, 6.07) is 13.4. The van der Waals surface area contributed by atoms with Gasteiger partial charge < -0.3 is 15.2 Å². The first kappa shape index (κ1) is 24.8. The minimum atomic E-state index is -4.68. The molecule has 2 aromatic carbocycles. The number of nitrogens with zero attached hydrogens (tertiary/aromatic N) is 2. The molecule has 0 aromatic heterocycles. The lowest BCUT2D eigenvalue weighted by molar-refractivity contribution is -0.139. The Morgan fingerprint density at radius 2 is 1.74 bits per heavy atom. The van der Waals surface area contributed by atoms with Crippen molar-refractivity contribution in [2.24, 2.45) is 5.73 Å². The number of allylic oxidation sites excluding steroid dienone is 1. The highest BCUT2D eigenvalue weighted by molar-refractivity contribution is 7.85. The number of esters is 2. The zero-order chi connectivity index (χ0) is 25.2. The smallest absolute Gasteiger partial charge is 0.355 e. The van der Waals surface area contributed by atoms with Crippen molar-refractivity contribution >= 4 is 39.3 Å². The molecule has 0 saturated carbocycles. The van der Waals surface area contributed by atoms with Crippen molar-refractivity contribution in [3.05, 3.63) is 81.8 Å². The summed E-state index contributed by atoms with van der Waals surface area (Å²) in [5.41, 5.74) is 5.74. The summed E-state index contributed by atoms with van der Waals surface area (Å²) in [6.45, 7) is 0. The molecular formula is C22H18ClN3O7S. The summed E-state index contributed by atoms with van der Waals surface area (Å²) in [5.74, 6) is -3.40. The van der Waals surface area contributed by atoms with Crippen LogP contribution in [0.5, 0.6) is 0 Å². The van der Waals surface area contributed by atoms with Crippen LogP contribution in [-0.2, 0) is 29.2 Å². The van der Waals surface area contributed by atoms with E-state index in [1.165, 1.54) is 0 Å². The van der Waals surface area contributed by atoms with Crippen LogP contribution in [-0.4, -0.2) is 39.1 Å². The molecule has 3 N–H and O–H groups in total. The summed E-state index contributed by atoms with van der Waals surface area (Å²) >= 11 is 6.29.